The minimum atomic E-state index is -0.0353. The molecule has 7 heteroatoms. The van der Waals surface area contributed by atoms with Gasteiger partial charge in [-0.05, 0) is 44.7 Å². The average Bonchev–Trinajstić information content (AvgIpc) is 2.97. The third kappa shape index (κ3) is 2.68. The van der Waals surface area contributed by atoms with Gasteiger partial charge in [-0.1, -0.05) is 0 Å². The lowest BCUT2D eigenvalue weighted by Gasteiger charge is -2.29. The summed E-state index contributed by atoms with van der Waals surface area (Å²) in [6.07, 6.45) is 6.49. The van der Waals surface area contributed by atoms with E-state index in [1.54, 1.807) is 24.5 Å². The van der Waals surface area contributed by atoms with Crippen LogP contribution >= 0.6 is 11.3 Å². The van der Waals surface area contributed by atoms with E-state index >= 15 is 0 Å². The van der Waals surface area contributed by atoms with E-state index in [2.05, 4.69) is 15.3 Å². The lowest BCUT2D eigenvalue weighted by atomic mass is 9.93. The van der Waals surface area contributed by atoms with Gasteiger partial charge in [-0.3, -0.25) is 4.79 Å². The van der Waals surface area contributed by atoms with Crippen molar-refractivity contribution < 1.29 is 9.21 Å². The molecule has 2 aromatic rings. The van der Waals surface area contributed by atoms with Gasteiger partial charge in [0.05, 0.1) is 6.54 Å². The fourth-order valence-corrected chi connectivity index (χ4v) is 4.29. The summed E-state index contributed by atoms with van der Waals surface area (Å²) < 4.78 is 5.23. The first kappa shape index (κ1) is 14.8. The van der Waals surface area contributed by atoms with Crippen molar-refractivity contribution in [3.63, 3.8) is 0 Å². The molecule has 6 nitrogen and oxygen atoms in total. The van der Waals surface area contributed by atoms with Gasteiger partial charge in [-0.15, -0.1) is 11.3 Å². The molecule has 4 rings (SSSR count). The summed E-state index contributed by atoms with van der Waals surface area (Å²) in [5, 5.41) is 6.33. The molecular weight excluding hydrogens is 312 g/mol. The van der Waals surface area contributed by atoms with Gasteiger partial charge in [0, 0.05) is 17.6 Å². The van der Waals surface area contributed by atoms with Crippen molar-refractivity contribution in [2.24, 2.45) is 5.41 Å². The normalized spacial score (nSPS) is 22.2. The molecule has 1 aliphatic heterocycles. The molecule has 1 amide bonds. The first-order valence-electron chi connectivity index (χ1n) is 8.00. The number of hydrogen-bond acceptors (Lipinski definition) is 6. The third-order valence-electron chi connectivity index (χ3n) is 5.12. The molecule has 2 aliphatic rings. The van der Waals surface area contributed by atoms with Gasteiger partial charge in [-0.25, -0.2) is 9.97 Å². The second-order valence-corrected chi connectivity index (χ2v) is 7.43. The Balaban J connectivity index is 1.59. The summed E-state index contributed by atoms with van der Waals surface area (Å²) >= 11 is 1.59. The highest BCUT2D eigenvalue weighted by atomic mass is 32.1. The molecule has 1 aliphatic carbocycles. The van der Waals surface area contributed by atoms with Crippen LogP contribution in [-0.2, 0) is 6.54 Å². The molecule has 2 aromatic heterocycles. The Hall–Kier alpha value is -1.73. The molecule has 23 heavy (non-hydrogen) atoms. The highest BCUT2D eigenvalue weighted by molar-refractivity contribution is 7.09. The summed E-state index contributed by atoms with van der Waals surface area (Å²) in [4.78, 5) is 23.5. The van der Waals surface area contributed by atoms with Crippen LogP contribution in [0.15, 0.2) is 22.4 Å². The Kier molecular flexibility index (Phi) is 3.69. The van der Waals surface area contributed by atoms with E-state index in [4.69, 9.17) is 4.42 Å². The molecule has 1 atom stereocenters. The maximum Gasteiger partial charge on any atom is 0.276 e. The van der Waals surface area contributed by atoms with E-state index in [0.717, 1.165) is 37.4 Å². The van der Waals surface area contributed by atoms with Crippen molar-refractivity contribution in [3.05, 3.63) is 34.4 Å². The Morgan fingerprint density at radius 3 is 2.96 bits per heavy atom. The van der Waals surface area contributed by atoms with Crippen molar-refractivity contribution in [3.8, 4) is 0 Å². The summed E-state index contributed by atoms with van der Waals surface area (Å²) in [5.41, 5.74) is 0.716. The highest BCUT2D eigenvalue weighted by Gasteiger charge is 2.58. The standard InChI is InChI=1S/C16H20N4O2S/c1-11-14(19-10-22-11)15(21)20(9-13-18-6-7-23-13)12-8-16(12)2-4-17-5-3-16/h6-7,10,12,17H,2-5,8-9H2,1H3. The molecule has 0 bridgehead atoms. The third-order valence-corrected chi connectivity index (χ3v) is 5.88. The molecule has 1 spiro atoms. The highest BCUT2D eigenvalue weighted by Crippen LogP contribution is 2.56. The second-order valence-electron chi connectivity index (χ2n) is 6.45. The van der Waals surface area contributed by atoms with Gasteiger partial charge in [-0.2, -0.15) is 0 Å². The fourth-order valence-electron chi connectivity index (χ4n) is 3.68. The number of rotatable bonds is 4. The van der Waals surface area contributed by atoms with E-state index in [-0.39, 0.29) is 17.4 Å². The number of amides is 1. The molecule has 3 heterocycles. The molecule has 0 aromatic carbocycles. The number of carbonyl (C=O) groups is 1. The van der Waals surface area contributed by atoms with E-state index in [1.165, 1.54) is 6.39 Å². The van der Waals surface area contributed by atoms with Crippen LogP contribution in [0.3, 0.4) is 0 Å². The molecule has 1 unspecified atom stereocenters. The van der Waals surface area contributed by atoms with Gasteiger partial charge in [0.15, 0.2) is 12.1 Å². The number of hydrogen-bond donors (Lipinski definition) is 1. The van der Waals surface area contributed by atoms with E-state index in [0.29, 0.717) is 18.0 Å². The van der Waals surface area contributed by atoms with Crippen LogP contribution < -0.4 is 5.32 Å². The molecule has 1 N–H and O–H groups in total. The number of carbonyl (C=O) groups excluding carboxylic acids is 1. The predicted octanol–water partition coefficient (Wildman–Crippen LogP) is 2.22. The monoisotopic (exact) mass is 332 g/mol. The first-order chi connectivity index (χ1) is 11.2. The first-order valence-corrected chi connectivity index (χ1v) is 8.88. The quantitative estimate of drug-likeness (QED) is 0.929. The Bertz CT molecular complexity index is 691. The Labute approximate surface area is 138 Å². The van der Waals surface area contributed by atoms with Gasteiger partial charge >= 0.3 is 0 Å². The van der Waals surface area contributed by atoms with Gasteiger partial charge < -0.3 is 14.6 Å². The second kappa shape index (κ2) is 5.72. The van der Waals surface area contributed by atoms with Crippen LogP contribution in [0.5, 0.6) is 0 Å². The Morgan fingerprint density at radius 2 is 2.30 bits per heavy atom. The van der Waals surface area contributed by atoms with Crippen molar-refractivity contribution in [2.75, 3.05) is 13.1 Å². The molecule has 0 radical (unpaired) electrons. The zero-order valence-electron chi connectivity index (χ0n) is 13.1. The van der Waals surface area contributed by atoms with Crippen LogP contribution in [0.25, 0.3) is 0 Å². The van der Waals surface area contributed by atoms with E-state index in [9.17, 15) is 4.79 Å². The predicted molar refractivity (Wildman–Crippen MR) is 86.2 cm³/mol. The number of piperidine rings is 1. The SMILES string of the molecule is Cc1ocnc1C(=O)N(Cc1nccs1)C1CC12CCNCC2. The molecule has 2 fully saturated rings. The van der Waals surface area contributed by atoms with Crippen molar-refractivity contribution in [1.82, 2.24) is 20.2 Å². The van der Waals surface area contributed by atoms with Crippen molar-refractivity contribution in [1.29, 1.82) is 0 Å². The van der Waals surface area contributed by atoms with E-state index in [1.807, 2.05) is 10.3 Å². The van der Waals surface area contributed by atoms with Crippen LogP contribution in [0.2, 0.25) is 0 Å². The minimum absolute atomic E-state index is 0.0353. The topological polar surface area (TPSA) is 71.3 Å². The fraction of sp³-hybridized carbons (Fsp3) is 0.562. The largest absolute Gasteiger partial charge is 0.448 e. The number of nitrogens with zero attached hydrogens (tertiary/aromatic N) is 3. The van der Waals surface area contributed by atoms with Crippen LogP contribution in [0, 0.1) is 12.3 Å². The maximum atomic E-state index is 13.0. The maximum absolute atomic E-state index is 13.0. The smallest absolute Gasteiger partial charge is 0.276 e. The Morgan fingerprint density at radius 1 is 1.48 bits per heavy atom. The molecule has 1 saturated heterocycles. The average molecular weight is 332 g/mol. The summed E-state index contributed by atoms with van der Waals surface area (Å²) in [6, 6.07) is 0.289. The zero-order chi connectivity index (χ0) is 15.9. The number of oxazole rings is 1. The zero-order valence-corrected chi connectivity index (χ0v) is 13.9. The number of thiazole rings is 1. The van der Waals surface area contributed by atoms with Gasteiger partial charge in [0.1, 0.15) is 10.8 Å². The number of aromatic nitrogens is 2. The molecule has 1 saturated carbocycles. The number of nitrogens with one attached hydrogen (secondary N) is 1. The lowest BCUT2D eigenvalue weighted by Crippen LogP contribution is -2.39. The van der Waals surface area contributed by atoms with Crippen LogP contribution in [-0.4, -0.2) is 39.9 Å². The van der Waals surface area contributed by atoms with Crippen molar-refractivity contribution >= 4 is 17.2 Å². The van der Waals surface area contributed by atoms with Crippen LogP contribution in [0.1, 0.15) is 40.5 Å². The van der Waals surface area contributed by atoms with Gasteiger partial charge in [0.2, 0.25) is 0 Å². The lowest BCUT2D eigenvalue weighted by molar-refractivity contribution is 0.0685. The van der Waals surface area contributed by atoms with Crippen LogP contribution in [0.4, 0.5) is 0 Å². The van der Waals surface area contributed by atoms with E-state index < -0.39 is 0 Å². The van der Waals surface area contributed by atoms with Crippen molar-refractivity contribution in [2.45, 2.75) is 38.8 Å². The number of aryl methyl sites for hydroxylation is 1. The summed E-state index contributed by atoms with van der Waals surface area (Å²) in [5.74, 6) is 0.547. The summed E-state index contributed by atoms with van der Waals surface area (Å²) in [6.45, 7) is 4.43. The van der Waals surface area contributed by atoms with Gasteiger partial charge in [0.25, 0.3) is 5.91 Å². The minimum Gasteiger partial charge on any atom is -0.448 e. The molecular formula is C16H20N4O2S. The summed E-state index contributed by atoms with van der Waals surface area (Å²) in [7, 11) is 0. The molecule has 122 valence electrons.